The van der Waals surface area contributed by atoms with Gasteiger partial charge in [0, 0.05) is 0 Å². The fraction of sp³-hybridized carbons (Fsp3) is 0.545. The normalized spacial score (nSPS) is 33.9. The third-order valence-electron chi connectivity index (χ3n) is 3.58. The molecule has 108 valence electrons. The Morgan fingerprint density at radius 2 is 2.25 bits per heavy atom. The van der Waals surface area contributed by atoms with Crippen LogP contribution in [0.5, 0.6) is 0 Å². The summed E-state index contributed by atoms with van der Waals surface area (Å²) >= 11 is 0. The molecule has 0 aliphatic carbocycles. The van der Waals surface area contributed by atoms with E-state index in [0.29, 0.717) is 11.0 Å². The molecule has 9 nitrogen and oxygen atoms in total. The average Bonchev–Trinajstić information content (AvgIpc) is 2.92. The van der Waals surface area contributed by atoms with Gasteiger partial charge >= 0.3 is 0 Å². The van der Waals surface area contributed by atoms with E-state index in [1.165, 1.54) is 24.1 Å². The molecule has 1 aliphatic rings. The zero-order chi connectivity index (χ0) is 14.5. The second-order valence-corrected chi connectivity index (χ2v) is 4.97. The van der Waals surface area contributed by atoms with Gasteiger partial charge < -0.3 is 25.8 Å². The topological polar surface area (TPSA) is 140 Å². The Hall–Kier alpha value is -1.81. The molecule has 9 heteroatoms. The summed E-state index contributed by atoms with van der Waals surface area (Å²) in [4.78, 5) is 7.91. The molecule has 1 saturated heterocycles. The molecular weight excluding hydrogens is 266 g/mol. The first-order valence-corrected chi connectivity index (χ1v) is 6.07. The Balaban J connectivity index is 2.10. The first-order valence-electron chi connectivity index (χ1n) is 6.07. The zero-order valence-electron chi connectivity index (χ0n) is 10.7. The highest BCUT2D eigenvalue weighted by Crippen LogP contribution is 2.39. The quantitative estimate of drug-likeness (QED) is 0.516. The molecule has 4 atom stereocenters. The maximum absolute atomic E-state index is 10.4. The van der Waals surface area contributed by atoms with Crippen molar-refractivity contribution in [2.24, 2.45) is 0 Å². The summed E-state index contributed by atoms with van der Waals surface area (Å²) in [5.74, 6) is 0.262. The van der Waals surface area contributed by atoms with Crippen LogP contribution in [0.3, 0.4) is 0 Å². The molecule has 2 aromatic heterocycles. The van der Waals surface area contributed by atoms with Crippen molar-refractivity contribution in [3.63, 3.8) is 0 Å². The third kappa shape index (κ3) is 1.68. The number of hydrogen-bond acceptors (Lipinski definition) is 8. The molecular formula is C11H15N5O4. The molecule has 3 rings (SSSR count). The number of fused-ring (bicyclic) bond motifs is 1. The molecule has 20 heavy (non-hydrogen) atoms. The van der Waals surface area contributed by atoms with Gasteiger partial charge in [-0.2, -0.15) is 5.10 Å². The van der Waals surface area contributed by atoms with Crippen molar-refractivity contribution in [1.29, 1.82) is 0 Å². The van der Waals surface area contributed by atoms with Gasteiger partial charge in [-0.15, -0.1) is 0 Å². The molecule has 3 heterocycles. The van der Waals surface area contributed by atoms with Crippen molar-refractivity contribution in [3.8, 4) is 0 Å². The van der Waals surface area contributed by atoms with Crippen molar-refractivity contribution < 1.29 is 20.1 Å². The molecule has 0 amide bonds. The van der Waals surface area contributed by atoms with Crippen LogP contribution in [0, 0.1) is 0 Å². The van der Waals surface area contributed by atoms with E-state index >= 15 is 0 Å². The van der Waals surface area contributed by atoms with Gasteiger partial charge in [0.1, 0.15) is 30.0 Å². The van der Waals surface area contributed by atoms with Crippen LogP contribution in [0.4, 0.5) is 5.82 Å². The summed E-state index contributed by atoms with van der Waals surface area (Å²) in [5.41, 5.74) is 4.48. The van der Waals surface area contributed by atoms with E-state index in [0.717, 1.165) is 0 Å². The van der Waals surface area contributed by atoms with Crippen LogP contribution in [0.2, 0.25) is 0 Å². The van der Waals surface area contributed by atoms with Gasteiger partial charge in [-0.3, -0.25) is 0 Å². The van der Waals surface area contributed by atoms with Crippen molar-refractivity contribution >= 4 is 16.9 Å². The first-order chi connectivity index (χ1) is 9.46. The van der Waals surface area contributed by atoms with E-state index in [1.807, 2.05) is 0 Å². The first kappa shape index (κ1) is 13.2. The smallest absolute Gasteiger partial charge is 0.183 e. The number of nitrogen functional groups attached to an aromatic ring is 1. The zero-order valence-corrected chi connectivity index (χ0v) is 10.7. The van der Waals surface area contributed by atoms with Crippen LogP contribution in [0.15, 0.2) is 12.5 Å². The number of nitrogens with zero attached hydrogens (tertiary/aromatic N) is 4. The van der Waals surface area contributed by atoms with E-state index < -0.39 is 30.6 Å². The summed E-state index contributed by atoms with van der Waals surface area (Å²) in [6, 6.07) is 0. The summed E-state index contributed by atoms with van der Waals surface area (Å²) in [6.45, 7) is 1.00. The summed E-state index contributed by atoms with van der Waals surface area (Å²) < 4.78 is 6.81. The van der Waals surface area contributed by atoms with Crippen LogP contribution in [0.1, 0.15) is 13.2 Å². The monoisotopic (exact) mass is 281 g/mol. The number of aliphatic hydroxyl groups excluding tert-OH is 2. The Bertz CT molecular complexity index is 643. The van der Waals surface area contributed by atoms with Crippen molar-refractivity contribution in [1.82, 2.24) is 19.7 Å². The van der Waals surface area contributed by atoms with Gasteiger partial charge in [0.05, 0.1) is 18.2 Å². The molecule has 1 fully saturated rings. The maximum Gasteiger partial charge on any atom is 0.183 e. The second kappa shape index (κ2) is 4.35. The lowest BCUT2D eigenvalue weighted by Crippen LogP contribution is -2.44. The predicted molar refractivity (Wildman–Crippen MR) is 67.4 cm³/mol. The lowest BCUT2D eigenvalue weighted by atomic mass is 9.97. The van der Waals surface area contributed by atoms with E-state index in [4.69, 9.17) is 15.6 Å². The summed E-state index contributed by atoms with van der Waals surface area (Å²) in [6.07, 6.45) is -0.381. The number of nitrogens with two attached hydrogens (primary N) is 1. The van der Waals surface area contributed by atoms with Crippen LogP contribution in [-0.4, -0.2) is 59.5 Å². The van der Waals surface area contributed by atoms with Crippen molar-refractivity contribution in [3.05, 3.63) is 12.5 Å². The molecule has 5 N–H and O–H groups in total. The molecule has 1 aliphatic heterocycles. The number of ether oxygens (including phenoxy) is 1. The molecule has 0 aromatic carbocycles. The number of aromatic nitrogens is 4. The Morgan fingerprint density at radius 3 is 2.90 bits per heavy atom. The summed E-state index contributed by atoms with van der Waals surface area (Å²) in [7, 11) is 0. The van der Waals surface area contributed by atoms with E-state index in [9.17, 15) is 10.2 Å². The molecule has 0 spiro atoms. The maximum atomic E-state index is 10.4. The van der Waals surface area contributed by atoms with Gasteiger partial charge in [-0.25, -0.2) is 14.6 Å². The molecule has 0 bridgehead atoms. The fourth-order valence-corrected chi connectivity index (χ4v) is 2.40. The number of rotatable bonds is 2. The number of aliphatic hydroxyl groups is 3. The van der Waals surface area contributed by atoms with Crippen LogP contribution < -0.4 is 5.73 Å². The van der Waals surface area contributed by atoms with Crippen LogP contribution >= 0.6 is 0 Å². The molecule has 0 saturated carbocycles. The Morgan fingerprint density at radius 1 is 1.50 bits per heavy atom. The lowest BCUT2D eigenvalue weighted by molar-refractivity contribution is -0.100. The minimum absolute atomic E-state index is 0.262. The highest BCUT2D eigenvalue weighted by Gasteiger charge is 2.53. The SMILES string of the molecule is C[C@@]1(O)[C@H](O)[C@@H](CO)O[C@H]1n1ncc2c(N)ncnc21. The minimum Gasteiger partial charge on any atom is -0.394 e. The third-order valence-corrected chi connectivity index (χ3v) is 3.58. The number of anilines is 1. The van der Waals surface area contributed by atoms with E-state index in [2.05, 4.69) is 15.1 Å². The minimum atomic E-state index is -1.62. The van der Waals surface area contributed by atoms with Gasteiger partial charge in [-0.05, 0) is 6.92 Å². The lowest BCUT2D eigenvalue weighted by Gasteiger charge is -2.26. The molecule has 2 aromatic rings. The van der Waals surface area contributed by atoms with E-state index in [-0.39, 0.29) is 5.82 Å². The molecule has 0 radical (unpaired) electrons. The van der Waals surface area contributed by atoms with Crippen LogP contribution in [-0.2, 0) is 4.74 Å². The average molecular weight is 281 g/mol. The Labute approximate surface area is 113 Å². The fourth-order valence-electron chi connectivity index (χ4n) is 2.40. The Kier molecular flexibility index (Phi) is 2.87. The van der Waals surface area contributed by atoms with Crippen LogP contribution in [0.25, 0.3) is 11.0 Å². The van der Waals surface area contributed by atoms with Crippen molar-refractivity contribution in [2.75, 3.05) is 12.3 Å². The summed E-state index contributed by atoms with van der Waals surface area (Å²) in [5, 5.41) is 34.2. The standard InChI is InChI=1S/C11H15N5O4/c1-11(19)7(18)6(3-17)20-10(11)16-9-5(2-15-16)8(12)13-4-14-9/h2,4,6-7,10,17-19H,3H2,1H3,(H2,12,13,14)/t6-,7-,10-,11-/m1/s1. The van der Waals surface area contributed by atoms with Crippen molar-refractivity contribution in [2.45, 2.75) is 31.0 Å². The van der Waals surface area contributed by atoms with Gasteiger partial charge in [0.2, 0.25) is 0 Å². The van der Waals surface area contributed by atoms with Gasteiger partial charge in [0.15, 0.2) is 11.9 Å². The highest BCUT2D eigenvalue weighted by atomic mass is 16.6. The van der Waals surface area contributed by atoms with Gasteiger partial charge in [0.25, 0.3) is 0 Å². The predicted octanol–water partition coefficient (Wildman–Crippen LogP) is -1.59. The molecule has 0 unspecified atom stereocenters. The largest absolute Gasteiger partial charge is 0.394 e. The second-order valence-electron chi connectivity index (χ2n) is 4.97. The van der Waals surface area contributed by atoms with Gasteiger partial charge in [-0.1, -0.05) is 0 Å². The number of hydrogen-bond donors (Lipinski definition) is 4. The van der Waals surface area contributed by atoms with E-state index in [1.54, 1.807) is 0 Å². The highest BCUT2D eigenvalue weighted by molar-refractivity contribution is 5.84.